The highest BCUT2D eigenvalue weighted by Gasteiger charge is 2.30. The summed E-state index contributed by atoms with van der Waals surface area (Å²) in [7, 11) is 0. The highest BCUT2D eigenvalue weighted by Crippen LogP contribution is 2.21. The van der Waals surface area contributed by atoms with E-state index in [0.717, 1.165) is 25.1 Å². The standard InChI is InChI=1S/C16H25N3O/c1-13-7-6-10-19(11-13)15(20)18-16(2,12-17)14-8-4-3-5-9-14/h3-5,8-9,13H,6-7,10-12,17H2,1-2H3,(H,18,20). The van der Waals surface area contributed by atoms with E-state index in [1.165, 1.54) is 6.42 Å². The van der Waals surface area contributed by atoms with Crippen molar-refractivity contribution in [2.24, 2.45) is 11.7 Å². The third-order valence-corrected chi connectivity index (χ3v) is 4.15. The summed E-state index contributed by atoms with van der Waals surface area (Å²) in [5.41, 5.74) is 6.44. The number of carbonyl (C=O) groups is 1. The molecule has 1 fully saturated rings. The minimum Gasteiger partial charge on any atom is -0.328 e. The van der Waals surface area contributed by atoms with Gasteiger partial charge in [0.2, 0.25) is 0 Å². The molecular weight excluding hydrogens is 250 g/mol. The molecule has 0 spiro atoms. The number of amides is 2. The van der Waals surface area contributed by atoms with Crippen LogP contribution in [-0.2, 0) is 5.54 Å². The van der Waals surface area contributed by atoms with Crippen LogP contribution in [0.4, 0.5) is 4.79 Å². The molecule has 0 radical (unpaired) electrons. The number of nitrogens with zero attached hydrogens (tertiary/aromatic N) is 1. The molecule has 110 valence electrons. The second kappa shape index (κ2) is 6.27. The molecule has 4 nitrogen and oxygen atoms in total. The maximum absolute atomic E-state index is 12.5. The third kappa shape index (κ3) is 3.31. The molecule has 1 aliphatic rings. The van der Waals surface area contributed by atoms with Crippen molar-refractivity contribution >= 4 is 6.03 Å². The summed E-state index contributed by atoms with van der Waals surface area (Å²) >= 11 is 0. The van der Waals surface area contributed by atoms with Gasteiger partial charge in [-0.15, -0.1) is 0 Å². The number of urea groups is 1. The summed E-state index contributed by atoms with van der Waals surface area (Å²) in [6, 6.07) is 9.91. The summed E-state index contributed by atoms with van der Waals surface area (Å²) in [6.45, 7) is 6.23. The average molecular weight is 275 g/mol. The van der Waals surface area contributed by atoms with E-state index in [9.17, 15) is 4.79 Å². The number of rotatable bonds is 3. The van der Waals surface area contributed by atoms with Gasteiger partial charge in [-0.05, 0) is 31.2 Å². The van der Waals surface area contributed by atoms with Gasteiger partial charge in [0, 0.05) is 19.6 Å². The van der Waals surface area contributed by atoms with Crippen molar-refractivity contribution in [3.05, 3.63) is 35.9 Å². The monoisotopic (exact) mass is 275 g/mol. The summed E-state index contributed by atoms with van der Waals surface area (Å²) in [5.74, 6) is 0.579. The Kier molecular flexibility index (Phi) is 4.65. The van der Waals surface area contributed by atoms with Crippen LogP contribution in [0.15, 0.2) is 30.3 Å². The Morgan fingerprint density at radius 1 is 1.45 bits per heavy atom. The van der Waals surface area contributed by atoms with Gasteiger partial charge >= 0.3 is 6.03 Å². The van der Waals surface area contributed by atoms with E-state index in [2.05, 4.69) is 12.2 Å². The Bertz CT molecular complexity index is 448. The van der Waals surface area contributed by atoms with Crippen LogP contribution in [0.3, 0.4) is 0 Å². The molecule has 3 N–H and O–H groups in total. The lowest BCUT2D eigenvalue weighted by Gasteiger charge is -2.36. The molecule has 1 aliphatic heterocycles. The molecule has 2 amide bonds. The van der Waals surface area contributed by atoms with Crippen molar-refractivity contribution in [1.29, 1.82) is 0 Å². The SMILES string of the molecule is CC1CCCN(C(=O)NC(C)(CN)c2ccccc2)C1. The molecule has 20 heavy (non-hydrogen) atoms. The van der Waals surface area contributed by atoms with Crippen molar-refractivity contribution in [2.75, 3.05) is 19.6 Å². The quantitative estimate of drug-likeness (QED) is 0.889. The fourth-order valence-electron chi connectivity index (χ4n) is 2.74. The number of nitrogens with one attached hydrogen (secondary N) is 1. The smallest absolute Gasteiger partial charge is 0.318 e. The van der Waals surface area contributed by atoms with E-state index in [1.54, 1.807) is 0 Å². The first-order valence-corrected chi connectivity index (χ1v) is 7.38. The zero-order valence-electron chi connectivity index (χ0n) is 12.4. The zero-order chi connectivity index (χ0) is 14.6. The van der Waals surface area contributed by atoms with E-state index in [0.29, 0.717) is 12.5 Å². The Morgan fingerprint density at radius 2 is 2.15 bits per heavy atom. The number of benzene rings is 1. The first-order valence-electron chi connectivity index (χ1n) is 7.38. The number of piperidine rings is 1. The van der Waals surface area contributed by atoms with Gasteiger partial charge in [-0.2, -0.15) is 0 Å². The molecule has 0 saturated carbocycles. The fourth-order valence-corrected chi connectivity index (χ4v) is 2.74. The Balaban J connectivity index is 2.07. The first kappa shape index (κ1) is 14.9. The van der Waals surface area contributed by atoms with Crippen LogP contribution in [0.5, 0.6) is 0 Å². The van der Waals surface area contributed by atoms with Gasteiger partial charge in [0.05, 0.1) is 5.54 Å². The molecule has 1 heterocycles. The fraction of sp³-hybridized carbons (Fsp3) is 0.562. The number of hydrogen-bond acceptors (Lipinski definition) is 2. The topological polar surface area (TPSA) is 58.4 Å². The van der Waals surface area contributed by atoms with Gasteiger partial charge in [0.25, 0.3) is 0 Å². The molecule has 1 saturated heterocycles. The summed E-state index contributed by atoms with van der Waals surface area (Å²) in [6.07, 6.45) is 2.29. The van der Waals surface area contributed by atoms with Gasteiger partial charge < -0.3 is 16.0 Å². The lowest BCUT2D eigenvalue weighted by molar-refractivity contribution is 0.159. The van der Waals surface area contributed by atoms with Crippen LogP contribution in [-0.4, -0.2) is 30.6 Å². The van der Waals surface area contributed by atoms with Gasteiger partial charge in [0.1, 0.15) is 0 Å². The van der Waals surface area contributed by atoms with Crippen LogP contribution in [0, 0.1) is 5.92 Å². The first-order chi connectivity index (χ1) is 9.55. The molecule has 0 aromatic heterocycles. The van der Waals surface area contributed by atoms with Crippen LogP contribution in [0.1, 0.15) is 32.3 Å². The number of carbonyl (C=O) groups excluding carboxylic acids is 1. The molecule has 4 heteroatoms. The summed E-state index contributed by atoms with van der Waals surface area (Å²) < 4.78 is 0. The highest BCUT2D eigenvalue weighted by atomic mass is 16.2. The Morgan fingerprint density at radius 3 is 2.75 bits per heavy atom. The van der Waals surface area contributed by atoms with E-state index in [1.807, 2.05) is 42.2 Å². The van der Waals surface area contributed by atoms with Crippen molar-refractivity contribution in [3.8, 4) is 0 Å². The predicted molar refractivity (Wildman–Crippen MR) is 81.4 cm³/mol. The van der Waals surface area contributed by atoms with E-state index in [4.69, 9.17) is 5.73 Å². The minimum atomic E-state index is -0.515. The van der Waals surface area contributed by atoms with Gasteiger partial charge in [-0.3, -0.25) is 0 Å². The number of hydrogen-bond donors (Lipinski definition) is 2. The molecule has 1 aromatic rings. The second-order valence-electron chi connectivity index (χ2n) is 6.03. The average Bonchev–Trinajstić information content (AvgIpc) is 2.48. The van der Waals surface area contributed by atoms with Crippen molar-refractivity contribution in [1.82, 2.24) is 10.2 Å². The summed E-state index contributed by atoms with van der Waals surface area (Å²) in [4.78, 5) is 14.4. The largest absolute Gasteiger partial charge is 0.328 e. The van der Waals surface area contributed by atoms with Crippen LogP contribution in [0.2, 0.25) is 0 Å². The van der Waals surface area contributed by atoms with Crippen molar-refractivity contribution in [2.45, 2.75) is 32.2 Å². The molecule has 0 bridgehead atoms. The van der Waals surface area contributed by atoms with Crippen molar-refractivity contribution in [3.63, 3.8) is 0 Å². The van der Waals surface area contributed by atoms with E-state index < -0.39 is 5.54 Å². The molecular formula is C16H25N3O. The van der Waals surface area contributed by atoms with Gasteiger partial charge in [-0.25, -0.2) is 4.79 Å². The number of nitrogens with two attached hydrogens (primary N) is 1. The van der Waals surface area contributed by atoms with Crippen molar-refractivity contribution < 1.29 is 4.79 Å². The summed E-state index contributed by atoms with van der Waals surface area (Å²) in [5, 5.41) is 3.11. The Hall–Kier alpha value is -1.55. The third-order valence-electron chi connectivity index (χ3n) is 4.15. The minimum absolute atomic E-state index is 0.00615. The normalized spacial score (nSPS) is 22.1. The van der Waals surface area contributed by atoms with E-state index >= 15 is 0 Å². The zero-order valence-corrected chi connectivity index (χ0v) is 12.4. The Labute approximate surface area is 121 Å². The molecule has 2 atom stereocenters. The van der Waals surface area contributed by atoms with E-state index in [-0.39, 0.29) is 6.03 Å². The molecule has 2 rings (SSSR count). The predicted octanol–water partition coefficient (Wildman–Crippen LogP) is 2.30. The molecule has 1 aromatic carbocycles. The maximum atomic E-state index is 12.5. The van der Waals surface area contributed by atoms with Crippen LogP contribution < -0.4 is 11.1 Å². The highest BCUT2D eigenvalue weighted by molar-refractivity contribution is 5.75. The second-order valence-corrected chi connectivity index (χ2v) is 6.03. The lowest BCUT2D eigenvalue weighted by Crippen LogP contribution is -2.54. The molecule has 2 unspecified atom stereocenters. The van der Waals surface area contributed by atoms with Gasteiger partial charge in [0.15, 0.2) is 0 Å². The molecule has 0 aliphatic carbocycles. The lowest BCUT2D eigenvalue weighted by atomic mass is 9.92. The van der Waals surface area contributed by atoms with Crippen LogP contribution >= 0.6 is 0 Å². The maximum Gasteiger partial charge on any atom is 0.318 e. The van der Waals surface area contributed by atoms with Gasteiger partial charge in [-0.1, -0.05) is 37.3 Å². The number of likely N-dealkylation sites (tertiary alicyclic amines) is 1. The van der Waals surface area contributed by atoms with Crippen LogP contribution in [0.25, 0.3) is 0 Å².